The van der Waals surface area contributed by atoms with Gasteiger partial charge in [0.15, 0.2) is 0 Å². The zero-order chi connectivity index (χ0) is 12.3. The van der Waals surface area contributed by atoms with E-state index < -0.39 is 12.4 Å². The smallest absolute Gasteiger partial charge is 0.207 e. The molecule has 0 aromatic carbocycles. The Morgan fingerprint density at radius 2 is 1.50 bits per heavy atom. The largest absolute Gasteiger partial charge is 0.390 e. The summed E-state index contributed by atoms with van der Waals surface area (Å²) in [5.41, 5.74) is 0. The lowest BCUT2D eigenvalue weighted by Crippen LogP contribution is -2.29. The Morgan fingerprint density at radius 3 is 2.06 bits per heavy atom. The van der Waals surface area contributed by atoms with Gasteiger partial charge in [-0.1, -0.05) is 55.9 Å². The van der Waals surface area contributed by atoms with E-state index in [2.05, 4.69) is 13.0 Å². The second-order valence-electron chi connectivity index (χ2n) is 3.38. The Labute approximate surface area is 96.7 Å². The lowest BCUT2D eigenvalue weighted by atomic mass is 10.2. The Bertz CT molecular complexity index is 273. The summed E-state index contributed by atoms with van der Waals surface area (Å²) in [5.74, 6) is -2.13. The summed E-state index contributed by atoms with van der Waals surface area (Å²) in [7, 11) is 0. The van der Waals surface area contributed by atoms with Crippen molar-refractivity contribution in [3.63, 3.8) is 0 Å². The summed E-state index contributed by atoms with van der Waals surface area (Å²) in [6.07, 6.45) is 16.0. The van der Waals surface area contributed by atoms with Crippen molar-refractivity contribution in [3.8, 4) is 0 Å². The molecule has 0 aliphatic carbocycles. The minimum Gasteiger partial charge on any atom is -0.390 e. The average Bonchev–Trinajstić information content (AvgIpc) is 2.27. The van der Waals surface area contributed by atoms with Crippen LogP contribution in [0.5, 0.6) is 0 Å². The Hall–Kier alpha value is -1.16. The number of allylic oxidation sites excluding steroid dienone is 7. The number of unbranched alkanes of at least 4 members (excludes halogenated alkanes) is 1. The average molecular weight is 224 g/mol. The lowest BCUT2D eigenvalue weighted by molar-refractivity contribution is -0.146. The van der Waals surface area contributed by atoms with E-state index in [0.717, 1.165) is 18.9 Å². The molecule has 3 heteroatoms. The summed E-state index contributed by atoms with van der Waals surface area (Å²) >= 11 is 0. The number of hydrogen-bond acceptors (Lipinski definition) is 3. The van der Waals surface area contributed by atoms with Crippen LogP contribution in [-0.2, 0) is 0 Å². The van der Waals surface area contributed by atoms with E-state index in [1.54, 1.807) is 12.2 Å². The van der Waals surface area contributed by atoms with E-state index in [0.29, 0.717) is 0 Å². The second kappa shape index (κ2) is 9.09. The lowest BCUT2D eigenvalue weighted by Gasteiger charge is -2.11. The predicted molar refractivity (Wildman–Crippen MR) is 65.7 cm³/mol. The molecule has 0 aliphatic rings. The summed E-state index contributed by atoms with van der Waals surface area (Å²) in [4.78, 5) is 0. The maximum atomic E-state index is 8.98. The van der Waals surface area contributed by atoms with Crippen LogP contribution in [0, 0.1) is 0 Å². The number of hydrogen-bond donors (Lipinski definition) is 3. The number of aliphatic hydroxyl groups is 3. The molecule has 0 bridgehead atoms. The van der Waals surface area contributed by atoms with Crippen molar-refractivity contribution in [3.05, 3.63) is 48.6 Å². The quantitative estimate of drug-likeness (QED) is 0.455. The van der Waals surface area contributed by atoms with E-state index in [1.165, 1.54) is 6.08 Å². The monoisotopic (exact) mass is 224 g/mol. The SMILES string of the molecule is CCCC=CC=CC=CC=CC(O)(O)CO. The summed E-state index contributed by atoms with van der Waals surface area (Å²) in [6.45, 7) is 1.41. The van der Waals surface area contributed by atoms with E-state index in [1.807, 2.05) is 18.2 Å². The van der Waals surface area contributed by atoms with E-state index in [-0.39, 0.29) is 0 Å². The molecule has 16 heavy (non-hydrogen) atoms. The normalized spacial score (nSPS) is 14.0. The van der Waals surface area contributed by atoms with Crippen LogP contribution in [0.3, 0.4) is 0 Å². The fourth-order valence-electron chi connectivity index (χ4n) is 0.860. The summed E-state index contributed by atoms with van der Waals surface area (Å²) in [6, 6.07) is 0. The van der Waals surface area contributed by atoms with Crippen molar-refractivity contribution >= 4 is 0 Å². The topological polar surface area (TPSA) is 60.7 Å². The highest BCUT2D eigenvalue weighted by atomic mass is 16.5. The molecule has 0 aromatic rings. The minimum absolute atomic E-state index is 0.715. The van der Waals surface area contributed by atoms with E-state index in [4.69, 9.17) is 15.3 Å². The molecular formula is C13H20O3. The van der Waals surface area contributed by atoms with Crippen molar-refractivity contribution in [2.24, 2.45) is 0 Å². The van der Waals surface area contributed by atoms with Gasteiger partial charge in [-0.15, -0.1) is 0 Å². The van der Waals surface area contributed by atoms with Gasteiger partial charge in [0.1, 0.15) is 6.61 Å². The Balaban J connectivity index is 3.85. The van der Waals surface area contributed by atoms with Crippen molar-refractivity contribution in [2.75, 3.05) is 6.61 Å². The van der Waals surface area contributed by atoms with Crippen molar-refractivity contribution < 1.29 is 15.3 Å². The van der Waals surface area contributed by atoms with Crippen LogP contribution in [0.15, 0.2) is 48.6 Å². The zero-order valence-corrected chi connectivity index (χ0v) is 9.58. The molecular weight excluding hydrogens is 204 g/mol. The molecule has 0 spiro atoms. The van der Waals surface area contributed by atoms with Gasteiger partial charge >= 0.3 is 0 Å². The van der Waals surface area contributed by atoms with Crippen LogP contribution in [0.1, 0.15) is 19.8 Å². The first-order valence-corrected chi connectivity index (χ1v) is 5.35. The molecule has 3 nitrogen and oxygen atoms in total. The van der Waals surface area contributed by atoms with Crippen LogP contribution in [-0.4, -0.2) is 27.7 Å². The molecule has 0 aromatic heterocycles. The molecule has 0 heterocycles. The summed E-state index contributed by atoms with van der Waals surface area (Å²) < 4.78 is 0. The molecule has 0 radical (unpaired) electrons. The van der Waals surface area contributed by atoms with E-state index >= 15 is 0 Å². The third-order valence-electron chi connectivity index (χ3n) is 1.74. The molecule has 3 N–H and O–H groups in total. The molecule has 0 saturated carbocycles. The third kappa shape index (κ3) is 9.40. The minimum atomic E-state index is -2.13. The molecule has 0 amide bonds. The first kappa shape index (κ1) is 14.8. The van der Waals surface area contributed by atoms with Crippen LogP contribution >= 0.6 is 0 Å². The molecule has 0 aliphatic heterocycles. The van der Waals surface area contributed by atoms with Gasteiger partial charge in [-0.25, -0.2) is 0 Å². The number of aliphatic hydroxyl groups excluding tert-OH is 1. The van der Waals surface area contributed by atoms with Gasteiger partial charge in [0.2, 0.25) is 5.79 Å². The highest BCUT2D eigenvalue weighted by Crippen LogP contribution is 1.99. The van der Waals surface area contributed by atoms with E-state index in [9.17, 15) is 0 Å². The maximum absolute atomic E-state index is 8.98. The van der Waals surface area contributed by atoms with Gasteiger partial charge in [-0.3, -0.25) is 0 Å². The Morgan fingerprint density at radius 1 is 0.938 bits per heavy atom. The van der Waals surface area contributed by atoms with Gasteiger partial charge in [0.05, 0.1) is 0 Å². The van der Waals surface area contributed by atoms with Gasteiger partial charge in [0, 0.05) is 0 Å². The fraction of sp³-hybridized carbons (Fsp3) is 0.385. The maximum Gasteiger partial charge on any atom is 0.207 e. The highest BCUT2D eigenvalue weighted by molar-refractivity contribution is 5.16. The van der Waals surface area contributed by atoms with Crippen molar-refractivity contribution in [1.29, 1.82) is 0 Å². The summed E-state index contributed by atoms with van der Waals surface area (Å²) in [5, 5.41) is 26.5. The molecule has 0 saturated heterocycles. The zero-order valence-electron chi connectivity index (χ0n) is 9.58. The first-order chi connectivity index (χ1) is 7.62. The molecule has 0 unspecified atom stereocenters. The number of rotatable bonds is 7. The standard InChI is InChI=1S/C13H20O3/c1-2-3-4-5-6-7-8-9-10-11-13(15,16)12-14/h4-11,14-16H,2-3,12H2,1H3. The van der Waals surface area contributed by atoms with Crippen LogP contribution in [0.25, 0.3) is 0 Å². The Kier molecular flexibility index (Phi) is 8.43. The van der Waals surface area contributed by atoms with Gasteiger partial charge < -0.3 is 15.3 Å². The van der Waals surface area contributed by atoms with Crippen molar-refractivity contribution in [1.82, 2.24) is 0 Å². The fourth-order valence-corrected chi connectivity index (χ4v) is 0.860. The van der Waals surface area contributed by atoms with Crippen LogP contribution < -0.4 is 0 Å². The molecule has 90 valence electrons. The first-order valence-electron chi connectivity index (χ1n) is 5.35. The van der Waals surface area contributed by atoms with Gasteiger partial charge in [-0.2, -0.15) is 0 Å². The highest BCUT2D eigenvalue weighted by Gasteiger charge is 2.15. The predicted octanol–water partition coefficient (Wildman–Crippen LogP) is 1.68. The molecule has 0 atom stereocenters. The third-order valence-corrected chi connectivity index (χ3v) is 1.74. The molecule has 0 rings (SSSR count). The van der Waals surface area contributed by atoms with Gasteiger partial charge in [0.25, 0.3) is 0 Å². The van der Waals surface area contributed by atoms with Gasteiger partial charge in [-0.05, 0) is 12.5 Å². The van der Waals surface area contributed by atoms with Crippen molar-refractivity contribution in [2.45, 2.75) is 25.6 Å². The van der Waals surface area contributed by atoms with Crippen LogP contribution in [0.4, 0.5) is 0 Å². The van der Waals surface area contributed by atoms with Crippen LogP contribution in [0.2, 0.25) is 0 Å². The second-order valence-corrected chi connectivity index (χ2v) is 3.38. The molecule has 0 fully saturated rings.